The second-order valence-corrected chi connectivity index (χ2v) is 17.5. The number of fused-ring (bicyclic) bond motifs is 2. The highest BCUT2D eigenvalue weighted by molar-refractivity contribution is 5.76. The van der Waals surface area contributed by atoms with Gasteiger partial charge in [0.1, 0.15) is 23.7 Å². The predicted octanol–water partition coefficient (Wildman–Crippen LogP) is 11.1. The SMILES string of the molecule is C[C@H]1CN(C(=O)OCc2ccccc2)C[C@H](C)N1Cc1ccc2nccnc2c1.C[C@H]1CN(c2cccc(N=[N+]=[N-])c2[N+](=O)[O-])C[C@H](C)N1Cc1ccc2nccnc2c1.[N-]=[N+]=Nc1cccc(F)c1[N+](=O)[O-]. The van der Waals surface area contributed by atoms with Crippen LogP contribution in [0.15, 0.2) is 138 Å². The zero-order valence-electron chi connectivity index (χ0n) is 40.4. The summed E-state index contributed by atoms with van der Waals surface area (Å²) in [6, 6.07) is 31.1. The van der Waals surface area contributed by atoms with Crippen LogP contribution in [0.5, 0.6) is 0 Å². The van der Waals surface area contributed by atoms with Crippen LogP contribution in [0.4, 0.5) is 37.6 Å². The van der Waals surface area contributed by atoms with Crippen LogP contribution in [0.25, 0.3) is 43.0 Å². The molecule has 2 saturated heterocycles. The molecule has 2 aliphatic rings. The second-order valence-electron chi connectivity index (χ2n) is 17.5. The Morgan fingerprint density at radius 2 is 1.10 bits per heavy atom. The highest BCUT2D eigenvalue weighted by atomic mass is 19.1. The lowest BCUT2D eigenvalue weighted by atomic mass is 10.0. The van der Waals surface area contributed by atoms with Crippen molar-refractivity contribution < 1.29 is 23.8 Å². The molecule has 0 radical (unpaired) electrons. The van der Waals surface area contributed by atoms with Gasteiger partial charge in [0, 0.05) is 98.0 Å². The number of para-hydroxylation sites is 2. The molecule has 9 rings (SSSR count). The number of benzene rings is 5. The maximum Gasteiger partial charge on any atom is 0.410 e. The highest BCUT2D eigenvalue weighted by Gasteiger charge is 2.34. The minimum Gasteiger partial charge on any atom is -0.445 e. The van der Waals surface area contributed by atoms with Gasteiger partial charge in [0.25, 0.3) is 0 Å². The Bertz CT molecular complexity index is 3170. The molecular formula is C50H51FN16O6. The fraction of sp³-hybridized carbons (Fsp3) is 0.300. The minimum atomic E-state index is -1.02. The van der Waals surface area contributed by atoms with E-state index in [0.29, 0.717) is 38.5 Å². The maximum absolute atomic E-state index is 12.8. The molecule has 0 saturated carbocycles. The van der Waals surface area contributed by atoms with Crippen LogP contribution in [-0.2, 0) is 24.4 Å². The van der Waals surface area contributed by atoms with E-state index in [1.165, 1.54) is 23.8 Å². The van der Waals surface area contributed by atoms with Crippen LogP contribution in [0.2, 0.25) is 0 Å². The minimum absolute atomic E-state index is 0.0324. The van der Waals surface area contributed by atoms with Crippen molar-refractivity contribution in [1.29, 1.82) is 0 Å². The van der Waals surface area contributed by atoms with E-state index >= 15 is 0 Å². The Morgan fingerprint density at radius 3 is 1.59 bits per heavy atom. The van der Waals surface area contributed by atoms with Gasteiger partial charge in [-0.15, -0.1) is 0 Å². The highest BCUT2D eigenvalue weighted by Crippen LogP contribution is 2.39. The van der Waals surface area contributed by atoms with Gasteiger partial charge in [0.05, 0.1) is 31.9 Å². The fourth-order valence-electron chi connectivity index (χ4n) is 9.03. The lowest BCUT2D eigenvalue weighted by Gasteiger charge is -2.45. The van der Waals surface area contributed by atoms with Crippen molar-refractivity contribution in [2.75, 3.05) is 31.1 Å². The molecule has 23 heteroatoms. The molecule has 374 valence electrons. The summed E-state index contributed by atoms with van der Waals surface area (Å²) in [6.07, 6.45) is 6.56. The van der Waals surface area contributed by atoms with Crippen molar-refractivity contribution in [3.8, 4) is 0 Å². The number of piperazine rings is 2. The standard InChI is InChI=1S/C23H26N4O2.C21H22N8O2.C6H3FN4O2/c1-17-13-26(23(28)29-16-19-6-4-3-5-7-19)14-18(2)27(17)15-20-8-9-21-22(12-20)25-11-10-24-21;1-14-11-27(20-5-3-4-18(25-26-22)21(20)29(30)31)12-15(2)28(14)13-16-6-7-17-19(10-16)24-9-8-23-17;7-4-2-1-3-5(9-10-8)6(4)11(12)13/h3-12,17-18H,13-16H2,1-2H3;3-10,14-15H,11-13H2,1-2H3;1-3H/t17-,18-;14-,15-;/m00./s1. The fourth-order valence-corrected chi connectivity index (χ4v) is 9.03. The van der Waals surface area contributed by atoms with Gasteiger partial charge in [0.15, 0.2) is 0 Å². The number of nitrogens with zero attached hydrogens (tertiary/aromatic N) is 16. The Morgan fingerprint density at radius 1 is 0.630 bits per heavy atom. The van der Waals surface area contributed by atoms with Crippen LogP contribution in [0.1, 0.15) is 44.4 Å². The van der Waals surface area contributed by atoms with Gasteiger partial charge >= 0.3 is 17.5 Å². The van der Waals surface area contributed by atoms with Crippen LogP contribution >= 0.6 is 0 Å². The van der Waals surface area contributed by atoms with Crippen LogP contribution < -0.4 is 4.90 Å². The van der Waals surface area contributed by atoms with Crippen molar-refractivity contribution in [1.82, 2.24) is 34.6 Å². The molecule has 0 bridgehead atoms. The number of azide groups is 2. The van der Waals surface area contributed by atoms with Crippen molar-refractivity contribution >= 4 is 56.6 Å². The van der Waals surface area contributed by atoms with E-state index in [4.69, 9.17) is 15.8 Å². The topological polar surface area (TPSA) is 275 Å². The van der Waals surface area contributed by atoms with E-state index in [1.54, 1.807) is 36.9 Å². The normalized spacial score (nSPS) is 17.7. The van der Waals surface area contributed by atoms with Gasteiger partial charge in [-0.05, 0) is 104 Å². The van der Waals surface area contributed by atoms with Crippen molar-refractivity contribution in [3.63, 3.8) is 0 Å². The number of amides is 1. The molecule has 2 aromatic heterocycles. The number of hydrogen-bond acceptors (Lipinski definition) is 15. The molecule has 7 aromatic rings. The number of nitro benzene ring substituents is 2. The van der Waals surface area contributed by atoms with E-state index in [9.17, 15) is 29.4 Å². The lowest BCUT2D eigenvalue weighted by Crippen LogP contribution is -2.57. The van der Waals surface area contributed by atoms with Crippen LogP contribution in [0, 0.1) is 26.0 Å². The van der Waals surface area contributed by atoms with E-state index in [-0.39, 0.29) is 47.3 Å². The predicted molar refractivity (Wildman–Crippen MR) is 272 cm³/mol. The average molecular weight is 991 g/mol. The van der Waals surface area contributed by atoms with Crippen molar-refractivity contribution in [2.45, 2.75) is 71.6 Å². The first kappa shape index (κ1) is 52.0. The van der Waals surface area contributed by atoms with Gasteiger partial charge in [-0.1, -0.05) is 64.8 Å². The quantitative estimate of drug-likeness (QED) is 0.0384. The Kier molecular flexibility index (Phi) is 17.3. The van der Waals surface area contributed by atoms with Crippen molar-refractivity contribution in [3.05, 3.63) is 192 Å². The first-order valence-corrected chi connectivity index (χ1v) is 23.2. The monoisotopic (exact) mass is 990 g/mol. The summed E-state index contributed by atoms with van der Waals surface area (Å²) in [6.45, 7) is 13.0. The first-order valence-electron chi connectivity index (χ1n) is 23.2. The zero-order valence-corrected chi connectivity index (χ0v) is 40.4. The molecule has 0 spiro atoms. The molecular weight excluding hydrogens is 940 g/mol. The average Bonchev–Trinajstić information content (AvgIpc) is 3.38. The number of hydrogen-bond donors (Lipinski definition) is 0. The lowest BCUT2D eigenvalue weighted by molar-refractivity contribution is -0.386. The zero-order chi connectivity index (χ0) is 52.0. The third-order valence-corrected chi connectivity index (χ3v) is 12.4. The van der Waals surface area contributed by atoms with Crippen LogP contribution in [0.3, 0.4) is 0 Å². The molecule has 73 heavy (non-hydrogen) atoms. The third-order valence-electron chi connectivity index (χ3n) is 12.4. The number of carbonyl (C=O) groups is 1. The van der Waals surface area contributed by atoms with Gasteiger partial charge in [-0.25, -0.2) is 4.79 Å². The summed E-state index contributed by atoms with van der Waals surface area (Å²) in [5.74, 6) is -1.02. The Labute approximate surface area is 418 Å². The van der Waals surface area contributed by atoms with Crippen molar-refractivity contribution in [2.24, 2.45) is 10.2 Å². The Balaban J connectivity index is 0.000000173. The number of anilines is 1. The Hall–Kier alpha value is -8.88. The molecule has 1 amide bonds. The maximum atomic E-state index is 12.8. The summed E-state index contributed by atoms with van der Waals surface area (Å²) >= 11 is 0. The van der Waals surface area contributed by atoms with Crippen LogP contribution in [-0.4, -0.2) is 101 Å². The van der Waals surface area contributed by atoms with E-state index in [1.807, 2.05) is 52.3 Å². The molecule has 0 N–H and O–H groups in total. The summed E-state index contributed by atoms with van der Waals surface area (Å²) in [5, 5.41) is 28.5. The number of nitro groups is 2. The molecule has 2 fully saturated rings. The smallest absolute Gasteiger partial charge is 0.410 e. The van der Waals surface area contributed by atoms with Gasteiger partial charge in [0.2, 0.25) is 5.82 Å². The molecule has 22 nitrogen and oxygen atoms in total. The number of aromatic nitrogens is 4. The number of carbonyl (C=O) groups excluding carboxylic acids is 1. The number of rotatable bonds is 11. The van der Waals surface area contributed by atoms with Gasteiger partial charge in [-0.3, -0.25) is 50.0 Å². The molecule has 4 atom stereocenters. The molecule has 0 aliphatic carbocycles. The summed E-state index contributed by atoms with van der Waals surface area (Å²) in [5.41, 5.74) is 22.9. The summed E-state index contributed by atoms with van der Waals surface area (Å²) in [7, 11) is 0. The summed E-state index contributed by atoms with van der Waals surface area (Å²) in [4.78, 5) is 64.3. The molecule has 5 aromatic carbocycles. The largest absolute Gasteiger partial charge is 0.445 e. The number of ether oxygens (including phenoxy) is 1. The van der Waals surface area contributed by atoms with Gasteiger partial charge < -0.3 is 14.5 Å². The third kappa shape index (κ3) is 13.1. The van der Waals surface area contributed by atoms with E-state index in [2.05, 4.69) is 102 Å². The summed E-state index contributed by atoms with van der Waals surface area (Å²) < 4.78 is 18.3. The number of halogens is 1. The van der Waals surface area contributed by atoms with E-state index in [0.717, 1.165) is 52.3 Å². The molecule has 2 aliphatic heterocycles. The first-order chi connectivity index (χ1) is 35.2. The van der Waals surface area contributed by atoms with Gasteiger partial charge in [-0.2, -0.15) is 4.39 Å². The van der Waals surface area contributed by atoms with E-state index < -0.39 is 21.4 Å². The molecule has 4 heterocycles. The second kappa shape index (κ2) is 24.3. The molecule has 0 unspecified atom stereocenters.